The number of nitrogens with zero attached hydrogens (tertiary/aromatic N) is 2. The predicted molar refractivity (Wildman–Crippen MR) is 77.5 cm³/mol. The molecule has 7 nitrogen and oxygen atoms in total. The molecule has 1 heterocycles. The average Bonchev–Trinajstić information content (AvgIpc) is 2.22. The second-order valence-corrected chi connectivity index (χ2v) is 9.71. The SMILES string of the molecule is CC(C)(C)N1CCN(S(C)(=O)=O)[C@@H](COS(C)(=O)=O)C1. The quantitative estimate of drug-likeness (QED) is 0.659. The molecule has 20 heavy (non-hydrogen) atoms. The summed E-state index contributed by atoms with van der Waals surface area (Å²) in [7, 11) is -6.97. The predicted octanol–water partition coefficient (Wildman–Crippen LogP) is -0.293. The second kappa shape index (κ2) is 5.88. The fourth-order valence-corrected chi connectivity index (χ4v) is 3.71. The maximum absolute atomic E-state index is 11.8. The van der Waals surface area contributed by atoms with Crippen LogP contribution in [0.2, 0.25) is 0 Å². The van der Waals surface area contributed by atoms with Crippen LogP contribution in [0.3, 0.4) is 0 Å². The van der Waals surface area contributed by atoms with Crippen LogP contribution in [0, 0.1) is 0 Å². The first-order valence-corrected chi connectivity index (χ1v) is 10.0. The zero-order valence-electron chi connectivity index (χ0n) is 12.7. The Labute approximate surface area is 122 Å². The van der Waals surface area contributed by atoms with E-state index in [1.54, 1.807) is 0 Å². The Morgan fingerprint density at radius 3 is 2.05 bits per heavy atom. The van der Waals surface area contributed by atoms with Crippen molar-refractivity contribution in [1.82, 2.24) is 9.21 Å². The first-order valence-electron chi connectivity index (χ1n) is 6.37. The zero-order valence-corrected chi connectivity index (χ0v) is 14.3. The molecule has 0 aromatic rings. The molecule has 1 fully saturated rings. The molecule has 0 aromatic heterocycles. The van der Waals surface area contributed by atoms with Gasteiger partial charge in [0, 0.05) is 25.2 Å². The van der Waals surface area contributed by atoms with Gasteiger partial charge in [0.25, 0.3) is 10.1 Å². The molecule has 0 aromatic carbocycles. The second-order valence-electron chi connectivity index (χ2n) is 6.13. The van der Waals surface area contributed by atoms with Gasteiger partial charge in [-0.15, -0.1) is 0 Å². The molecule has 1 aliphatic heterocycles. The van der Waals surface area contributed by atoms with Gasteiger partial charge in [-0.25, -0.2) is 8.42 Å². The van der Waals surface area contributed by atoms with Crippen LogP contribution in [0.5, 0.6) is 0 Å². The molecule has 1 atom stereocenters. The molecule has 1 saturated heterocycles. The van der Waals surface area contributed by atoms with Crippen molar-refractivity contribution >= 4 is 20.1 Å². The first-order chi connectivity index (χ1) is 8.81. The summed E-state index contributed by atoms with van der Waals surface area (Å²) < 4.78 is 51.9. The summed E-state index contributed by atoms with van der Waals surface area (Å²) in [6.45, 7) is 7.37. The van der Waals surface area contributed by atoms with Crippen molar-refractivity contribution < 1.29 is 21.0 Å². The molecule has 1 rings (SSSR count). The van der Waals surface area contributed by atoms with Crippen molar-refractivity contribution in [2.75, 3.05) is 38.8 Å². The van der Waals surface area contributed by atoms with Crippen LogP contribution in [-0.2, 0) is 24.3 Å². The van der Waals surface area contributed by atoms with Gasteiger partial charge >= 0.3 is 0 Å². The van der Waals surface area contributed by atoms with E-state index < -0.39 is 26.2 Å². The van der Waals surface area contributed by atoms with Crippen molar-refractivity contribution in [2.45, 2.75) is 32.4 Å². The van der Waals surface area contributed by atoms with Crippen LogP contribution in [0.4, 0.5) is 0 Å². The molecule has 9 heteroatoms. The Morgan fingerprint density at radius 1 is 1.10 bits per heavy atom. The number of piperazine rings is 1. The van der Waals surface area contributed by atoms with Crippen LogP contribution in [-0.4, -0.2) is 76.4 Å². The van der Waals surface area contributed by atoms with Gasteiger partial charge in [-0.1, -0.05) is 0 Å². The lowest BCUT2D eigenvalue weighted by Gasteiger charge is -2.45. The van der Waals surface area contributed by atoms with Crippen molar-refractivity contribution in [3.63, 3.8) is 0 Å². The van der Waals surface area contributed by atoms with Crippen LogP contribution in [0.1, 0.15) is 20.8 Å². The van der Waals surface area contributed by atoms with E-state index in [9.17, 15) is 16.8 Å². The topological polar surface area (TPSA) is 84.0 Å². The maximum Gasteiger partial charge on any atom is 0.264 e. The van der Waals surface area contributed by atoms with E-state index >= 15 is 0 Å². The molecule has 1 aliphatic rings. The van der Waals surface area contributed by atoms with Crippen molar-refractivity contribution in [3.8, 4) is 0 Å². The lowest BCUT2D eigenvalue weighted by atomic mass is 10.0. The monoisotopic (exact) mass is 328 g/mol. The van der Waals surface area contributed by atoms with E-state index in [0.29, 0.717) is 19.6 Å². The lowest BCUT2D eigenvalue weighted by Crippen LogP contribution is -2.60. The third-order valence-corrected chi connectivity index (χ3v) is 5.17. The number of rotatable bonds is 4. The molecule has 0 bridgehead atoms. The van der Waals surface area contributed by atoms with Gasteiger partial charge in [0.1, 0.15) is 0 Å². The van der Waals surface area contributed by atoms with Gasteiger partial charge in [0.2, 0.25) is 10.0 Å². The highest BCUT2D eigenvalue weighted by atomic mass is 32.2. The summed E-state index contributed by atoms with van der Waals surface area (Å²) in [6.07, 6.45) is 2.09. The normalized spacial score (nSPS) is 23.9. The molecule has 0 aliphatic carbocycles. The van der Waals surface area contributed by atoms with Crippen LogP contribution in [0.25, 0.3) is 0 Å². The van der Waals surface area contributed by atoms with Gasteiger partial charge in [-0.05, 0) is 20.8 Å². The van der Waals surface area contributed by atoms with Crippen molar-refractivity contribution in [1.29, 1.82) is 0 Å². The largest absolute Gasteiger partial charge is 0.295 e. The van der Waals surface area contributed by atoms with Crippen molar-refractivity contribution in [2.24, 2.45) is 0 Å². The van der Waals surface area contributed by atoms with Gasteiger partial charge in [-0.3, -0.25) is 9.08 Å². The fourth-order valence-electron chi connectivity index (χ4n) is 2.22. The number of hydrogen-bond donors (Lipinski definition) is 0. The third-order valence-electron chi connectivity index (χ3n) is 3.28. The van der Waals surface area contributed by atoms with Gasteiger partial charge in [-0.2, -0.15) is 12.7 Å². The van der Waals surface area contributed by atoms with Crippen molar-refractivity contribution in [3.05, 3.63) is 0 Å². The smallest absolute Gasteiger partial charge is 0.264 e. The zero-order chi connectivity index (χ0) is 15.8. The van der Waals surface area contributed by atoms with E-state index in [-0.39, 0.29) is 12.1 Å². The minimum atomic E-state index is -3.59. The highest BCUT2D eigenvalue weighted by molar-refractivity contribution is 7.88. The van der Waals surface area contributed by atoms with Gasteiger partial charge in [0.05, 0.1) is 25.2 Å². The Morgan fingerprint density at radius 2 is 1.65 bits per heavy atom. The molecular formula is C11H24N2O5S2. The van der Waals surface area contributed by atoms with E-state index in [1.807, 2.05) is 20.8 Å². The molecule has 0 saturated carbocycles. The lowest BCUT2D eigenvalue weighted by molar-refractivity contribution is 0.0434. The summed E-state index contributed by atoms with van der Waals surface area (Å²) in [5.41, 5.74) is -0.104. The minimum Gasteiger partial charge on any atom is -0.295 e. The highest BCUT2D eigenvalue weighted by Gasteiger charge is 2.37. The van der Waals surface area contributed by atoms with E-state index in [2.05, 4.69) is 4.90 Å². The van der Waals surface area contributed by atoms with E-state index in [1.165, 1.54) is 4.31 Å². The first kappa shape index (κ1) is 17.8. The molecule has 120 valence electrons. The summed E-state index contributed by atoms with van der Waals surface area (Å²) in [4.78, 5) is 2.13. The van der Waals surface area contributed by atoms with Gasteiger partial charge in [0.15, 0.2) is 0 Å². The molecule has 0 N–H and O–H groups in total. The maximum atomic E-state index is 11.8. The van der Waals surface area contributed by atoms with Crippen LogP contribution in [0.15, 0.2) is 0 Å². The Bertz CT molecular complexity index is 536. The van der Waals surface area contributed by atoms with E-state index in [4.69, 9.17) is 4.18 Å². The molecular weight excluding hydrogens is 304 g/mol. The Kier molecular flexibility index (Phi) is 5.24. The Balaban J connectivity index is 2.89. The summed E-state index contributed by atoms with van der Waals surface area (Å²) in [6, 6.07) is -0.493. The van der Waals surface area contributed by atoms with E-state index in [0.717, 1.165) is 12.5 Å². The number of hydrogen-bond acceptors (Lipinski definition) is 6. The summed E-state index contributed by atoms with van der Waals surface area (Å²) in [5, 5.41) is 0. The highest BCUT2D eigenvalue weighted by Crippen LogP contribution is 2.21. The molecule has 0 unspecified atom stereocenters. The molecule has 0 amide bonds. The molecule has 0 radical (unpaired) electrons. The third kappa shape index (κ3) is 5.28. The summed E-state index contributed by atoms with van der Waals surface area (Å²) >= 11 is 0. The standard InChI is InChI=1S/C11H24N2O5S2/c1-11(2,3)12-6-7-13(19(4,14)15)10(8-12)9-18-20(5,16)17/h10H,6-9H2,1-5H3/t10-/m1/s1. The average molecular weight is 328 g/mol. The van der Waals surface area contributed by atoms with Crippen LogP contribution < -0.4 is 0 Å². The Hall–Kier alpha value is -0.220. The van der Waals surface area contributed by atoms with Crippen LogP contribution >= 0.6 is 0 Å². The fraction of sp³-hybridized carbons (Fsp3) is 1.00. The molecule has 0 spiro atoms. The number of sulfonamides is 1. The minimum absolute atomic E-state index is 0.104. The van der Waals surface area contributed by atoms with Gasteiger partial charge < -0.3 is 0 Å². The summed E-state index contributed by atoms with van der Waals surface area (Å²) in [5.74, 6) is 0.